The Labute approximate surface area is 123 Å². The number of rotatable bonds is 4. The first-order chi connectivity index (χ1) is 8.34. The van der Waals surface area contributed by atoms with Crippen molar-refractivity contribution in [3.05, 3.63) is 24.2 Å². The number of nitrogens with one attached hydrogen (secondary N) is 2. The number of halogens is 4. The van der Waals surface area contributed by atoms with Crippen LogP contribution in [0.2, 0.25) is 0 Å². The van der Waals surface area contributed by atoms with Crippen molar-refractivity contribution in [1.82, 2.24) is 10.6 Å². The summed E-state index contributed by atoms with van der Waals surface area (Å²) in [4.78, 5) is 22.8. The van der Waals surface area contributed by atoms with E-state index in [1.807, 2.05) is 0 Å². The van der Waals surface area contributed by atoms with Gasteiger partial charge in [-0.2, -0.15) is 0 Å². The molecular weight excluding hydrogens is 326 g/mol. The molecule has 5 nitrogen and oxygen atoms in total. The smallest absolute Gasteiger partial charge is 0.288 e. The third-order valence-electron chi connectivity index (χ3n) is 1.77. The summed E-state index contributed by atoms with van der Waals surface area (Å²) in [5.74, 6) is -1.53. The van der Waals surface area contributed by atoms with Gasteiger partial charge in [0, 0.05) is 0 Å². The molecule has 0 aliphatic rings. The van der Waals surface area contributed by atoms with Gasteiger partial charge in [0.1, 0.15) is 12.0 Å². The van der Waals surface area contributed by atoms with E-state index in [0.717, 1.165) is 0 Å². The van der Waals surface area contributed by atoms with E-state index >= 15 is 0 Å². The zero-order valence-electron chi connectivity index (χ0n) is 8.75. The van der Waals surface area contributed by atoms with Crippen LogP contribution in [0.25, 0.3) is 0 Å². The molecule has 1 aromatic rings. The third kappa shape index (κ3) is 4.57. The second kappa shape index (κ2) is 6.52. The van der Waals surface area contributed by atoms with Gasteiger partial charge in [-0.05, 0) is 12.1 Å². The van der Waals surface area contributed by atoms with Crippen LogP contribution >= 0.6 is 46.4 Å². The molecule has 100 valence electrons. The van der Waals surface area contributed by atoms with E-state index in [-0.39, 0.29) is 11.6 Å². The Kier molecular flexibility index (Phi) is 5.59. The van der Waals surface area contributed by atoms with Gasteiger partial charge in [-0.25, -0.2) is 0 Å². The molecule has 2 N–H and O–H groups in total. The Morgan fingerprint density at radius 3 is 2.44 bits per heavy atom. The van der Waals surface area contributed by atoms with Crippen LogP contribution in [0.15, 0.2) is 22.8 Å². The zero-order valence-corrected chi connectivity index (χ0v) is 11.8. The van der Waals surface area contributed by atoms with Gasteiger partial charge in [0.15, 0.2) is 5.76 Å². The number of hydrogen-bond donors (Lipinski definition) is 2. The molecule has 0 bridgehead atoms. The molecule has 0 saturated carbocycles. The van der Waals surface area contributed by atoms with Crippen LogP contribution in [0.5, 0.6) is 0 Å². The molecule has 1 atom stereocenters. The zero-order chi connectivity index (χ0) is 13.8. The lowest BCUT2D eigenvalue weighted by atomic mass is 10.4. The van der Waals surface area contributed by atoms with Crippen LogP contribution in [0.3, 0.4) is 0 Å². The molecule has 18 heavy (non-hydrogen) atoms. The predicted octanol–water partition coefficient (Wildman–Crippen LogP) is 2.06. The van der Waals surface area contributed by atoms with Crippen molar-refractivity contribution < 1.29 is 14.0 Å². The van der Waals surface area contributed by atoms with Crippen LogP contribution in [0, 0.1) is 0 Å². The summed E-state index contributed by atoms with van der Waals surface area (Å²) in [5.41, 5.74) is 0. The van der Waals surface area contributed by atoms with Crippen LogP contribution < -0.4 is 10.6 Å². The lowest BCUT2D eigenvalue weighted by Crippen LogP contribution is -2.55. The molecule has 0 saturated heterocycles. The topological polar surface area (TPSA) is 71.3 Å². The molecular formula is C9H8Cl4N2O3. The van der Waals surface area contributed by atoms with E-state index in [9.17, 15) is 9.59 Å². The monoisotopic (exact) mass is 332 g/mol. The Hall–Kier alpha value is -0.620. The molecule has 0 spiro atoms. The van der Waals surface area contributed by atoms with Crippen molar-refractivity contribution in [3.8, 4) is 0 Å². The molecule has 9 heteroatoms. The molecule has 0 fully saturated rings. The average Bonchev–Trinajstić information content (AvgIpc) is 2.79. The fourth-order valence-corrected chi connectivity index (χ4v) is 1.41. The summed E-state index contributed by atoms with van der Waals surface area (Å²) in [6, 6.07) is 2.95. The summed E-state index contributed by atoms with van der Waals surface area (Å²) < 4.78 is 2.93. The third-order valence-corrected chi connectivity index (χ3v) is 2.67. The maximum atomic E-state index is 11.7. The van der Waals surface area contributed by atoms with Crippen molar-refractivity contribution in [1.29, 1.82) is 0 Å². The number of amides is 2. The lowest BCUT2D eigenvalue weighted by Gasteiger charge is -2.25. The molecule has 0 radical (unpaired) electrons. The molecule has 1 heterocycles. The van der Waals surface area contributed by atoms with Crippen LogP contribution in [-0.2, 0) is 4.79 Å². The fourth-order valence-electron chi connectivity index (χ4n) is 1.01. The maximum Gasteiger partial charge on any atom is 0.288 e. The van der Waals surface area contributed by atoms with Gasteiger partial charge in [-0.1, -0.05) is 34.8 Å². The highest BCUT2D eigenvalue weighted by atomic mass is 35.6. The Morgan fingerprint density at radius 1 is 1.33 bits per heavy atom. The average molecular weight is 334 g/mol. The van der Waals surface area contributed by atoms with Crippen molar-refractivity contribution in [2.75, 3.05) is 5.88 Å². The second-order valence-electron chi connectivity index (χ2n) is 3.13. The van der Waals surface area contributed by atoms with Gasteiger partial charge in [-0.3, -0.25) is 9.59 Å². The highest BCUT2D eigenvalue weighted by Crippen LogP contribution is 2.29. The summed E-state index contributed by atoms with van der Waals surface area (Å²) in [6.07, 6.45) is 0.0858. The molecule has 0 aliphatic carbocycles. The van der Waals surface area contributed by atoms with Gasteiger partial charge in [-0.15, -0.1) is 11.6 Å². The molecule has 1 rings (SSSR count). The van der Waals surface area contributed by atoms with E-state index in [2.05, 4.69) is 10.6 Å². The summed E-state index contributed by atoms with van der Waals surface area (Å²) in [5, 5.41) is 4.56. The standard InChI is InChI=1S/C9H8Cl4N2O3/c10-4-6(16)14-8(9(11,12)13)15-7(17)5-2-1-3-18-5/h1-3,8H,4H2,(H,14,16)(H,15,17). The highest BCUT2D eigenvalue weighted by Gasteiger charge is 2.35. The summed E-state index contributed by atoms with van der Waals surface area (Å²) >= 11 is 22.2. The number of furan rings is 1. The largest absolute Gasteiger partial charge is 0.459 e. The van der Waals surface area contributed by atoms with Crippen LogP contribution in [0.4, 0.5) is 0 Å². The highest BCUT2D eigenvalue weighted by molar-refractivity contribution is 6.68. The van der Waals surface area contributed by atoms with E-state index in [4.69, 9.17) is 50.8 Å². The van der Waals surface area contributed by atoms with Gasteiger partial charge in [0.05, 0.1) is 6.26 Å². The molecule has 0 aliphatic heterocycles. The fraction of sp³-hybridized carbons (Fsp3) is 0.333. The second-order valence-corrected chi connectivity index (χ2v) is 5.76. The van der Waals surface area contributed by atoms with Gasteiger partial charge >= 0.3 is 0 Å². The molecule has 2 amide bonds. The number of hydrogen-bond acceptors (Lipinski definition) is 3. The number of carbonyl (C=O) groups excluding carboxylic acids is 2. The summed E-state index contributed by atoms with van der Waals surface area (Å²) in [6.45, 7) is 0. The van der Waals surface area contributed by atoms with Crippen molar-refractivity contribution in [2.24, 2.45) is 0 Å². The normalized spacial score (nSPS) is 12.9. The minimum absolute atomic E-state index is 0.0226. The van der Waals surface area contributed by atoms with Gasteiger partial charge in [0.25, 0.3) is 5.91 Å². The Balaban J connectivity index is 2.73. The number of carbonyl (C=O) groups is 2. The maximum absolute atomic E-state index is 11.7. The van der Waals surface area contributed by atoms with Gasteiger partial charge < -0.3 is 15.1 Å². The van der Waals surface area contributed by atoms with E-state index in [0.29, 0.717) is 0 Å². The lowest BCUT2D eigenvalue weighted by molar-refractivity contribution is -0.119. The van der Waals surface area contributed by atoms with Crippen molar-refractivity contribution in [3.63, 3.8) is 0 Å². The Morgan fingerprint density at radius 2 is 2.00 bits per heavy atom. The van der Waals surface area contributed by atoms with Crippen LogP contribution in [-0.4, -0.2) is 27.7 Å². The first-order valence-electron chi connectivity index (χ1n) is 4.61. The molecule has 1 aromatic heterocycles. The van der Waals surface area contributed by atoms with Crippen molar-refractivity contribution in [2.45, 2.75) is 9.96 Å². The summed E-state index contributed by atoms with van der Waals surface area (Å²) in [7, 11) is 0. The Bertz CT molecular complexity index is 416. The first-order valence-corrected chi connectivity index (χ1v) is 6.28. The molecule has 1 unspecified atom stereocenters. The van der Waals surface area contributed by atoms with Crippen LogP contribution in [0.1, 0.15) is 10.6 Å². The minimum Gasteiger partial charge on any atom is -0.459 e. The minimum atomic E-state index is -1.93. The van der Waals surface area contributed by atoms with Crippen molar-refractivity contribution >= 4 is 58.2 Å². The number of alkyl halides is 4. The van der Waals surface area contributed by atoms with E-state index in [1.54, 1.807) is 0 Å². The molecule has 0 aromatic carbocycles. The van der Waals surface area contributed by atoms with E-state index in [1.165, 1.54) is 18.4 Å². The van der Waals surface area contributed by atoms with Gasteiger partial charge in [0.2, 0.25) is 9.70 Å². The predicted molar refractivity (Wildman–Crippen MR) is 69.1 cm³/mol. The first kappa shape index (κ1) is 15.4. The quantitative estimate of drug-likeness (QED) is 0.654. The van der Waals surface area contributed by atoms with E-state index < -0.39 is 21.8 Å². The SMILES string of the molecule is O=C(CCl)NC(NC(=O)c1ccco1)C(Cl)(Cl)Cl.